The lowest BCUT2D eigenvalue weighted by Crippen LogP contribution is -2.04. The van der Waals surface area contributed by atoms with Crippen molar-refractivity contribution in [2.24, 2.45) is 0 Å². The third-order valence-corrected chi connectivity index (χ3v) is 2.28. The van der Waals surface area contributed by atoms with Crippen LogP contribution in [0.25, 0.3) is 11.4 Å². The van der Waals surface area contributed by atoms with E-state index in [1.54, 1.807) is 0 Å². The van der Waals surface area contributed by atoms with Gasteiger partial charge in [-0.25, -0.2) is 0 Å². The Morgan fingerprint density at radius 2 is 1.88 bits per heavy atom. The highest BCUT2D eigenvalue weighted by atomic mass is 16.5. The van der Waals surface area contributed by atoms with Gasteiger partial charge in [0.05, 0.1) is 6.54 Å². The molecule has 0 aliphatic heterocycles. The molecule has 0 radical (unpaired) electrons. The fourth-order valence-corrected chi connectivity index (χ4v) is 1.70. The first-order valence-corrected chi connectivity index (χ1v) is 5.25. The van der Waals surface area contributed by atoms with Crippen LogP contribution in [0.2, 0.25) is 0 Å². The van der Waals surface area contributed by atoms with Crippen LogP contribution in [-0.4, -0.2) is 17.2 Å². The minimum atomic E-state index is 0.595. The van der Waals surface area contributed by atoms with E-state index in [0.29, 0.717) is 18.3 Å². The van der Waals surface area contributed by atoms with Crippen LogP contribution in [0, 0.1) is 13.8 Å². The third-order valence-electron chi connectivity index (χ3n) is 2.28. The van der Waals surface area contributed by atoms with Crippen molar-refractivity contribution in [2.75, 3.05) is 7.05 Å². The standard InChI is InChI=1S/C12H15N3O/c1-8-4-9(2)6-10(5-8)12-14-11(7-13-3)16-15-12/h4-6,13H,7H2,1-3H3. The summed E-state index contributed by atoms with van der Waals surface area (Å²) in [6.45, 7) is 4.72. The highest BCUT2D eigenvalue weighted by Gasteiger charge is 2.08. The van der Waals surface area contributed by atoms with Gasteiger partial charge in [0.1, 0.15) is 0 Å². The summed E-state index contributed by atoms with van der Waals surface area (Å²) < 4.78 is 5.12. The first-order valence-electron chi connectivity index (χ1n) is 5.25. The second-order valence-electron chi connectivity index (χ2n) is 3.92. The number of aryl methyl sites for hydroxylation is 2. The van der Waals surface area contributed by atoms with E-state index in [4.69, 9.17) is 4.52 Å². The maximum atomic E-state index is 5.12. The van der Waals surface area contributed by atoms with Crippen molar-refractivity contribution in [1.29, 1.82) is 0 Å². The van der Waals surface area contributed by atoms with Gasteiger partial charge in [0.15, 0.2) is 0 Å². The van der Waals surface area contributed by atoms with Gasteiger partial charge in [-0.3, -0.25) is 0 Å². The van der Waals surface area contributed by atoms with Gasteiger partial charge in [-0.1, -0.05) is 22.3 Å². The van der Waals surface area contributed by atoms with E-state index in [2.05, 4.69) is 47.5 Å². The van der Waals surface area contributed by atoms with Crippen molar-refractivity contribution >= 4 is 0 Å². The number of hydrogen-bond acceptors (Lipinski definition) is 4. The zero-order valence-corrected chi connectivity index (χ0v) is 9.74. The van der Waals surface area contributed by atoms with E-state index >= 15 is 0 Å². The van der Waals surface area contributed by atoms with E-state index in [0.717, 1.165) is 5.56 Å². The Bertz CT molecular complexity index is 471. The number of benzene rings is 1. The zero-order chi connectivity index (χ0) is 11.5. The fraction of sp³-hybridized carbons (Fsp3) is 0.333. The fourth-order valence-electron chi connectivity index (χ4n) is 1.70. The van der Waals surface area contributed by atoms with Gasteiger partial charge in [0.25, 0.3) is 0 Å². The van der Waals surface area contributed by atoms with E-state index in [-0.39, 0.29) is 0 Å². The Morgan fingerprint density at radius 3 is 2.50 bits per heavy atom. The molecule has 2 aromatic rings. The molecule has 0 amide bonds. The molecule has 0 aliphatic carbocycles. The van der Waals surface area contributed by atoms with Crippen molar-refractivity contribution < 1.29 is 4.52 Å². The molecule has 1 aromatic heterocycles. The molecule has 0 saturated carbocycles. The number of nitrogens with zero attached hydrogens (tertiary/aromatic N) is 2. The van der Waals surface area contributed by atoms with Crippen LogP contribution >= 0.6 is 0 Å². The predicted octanol–water partition coefficient (Wildman–Crippen LogP) is 2.07. The summed E-state index contributed by atoms with van der Waals surface area (Å²) in [6, 6.07) is 6.24. The van der Waals surface area contributed by atoms with Gasteiger partial charge in [0.2, 0.25) is 11.7 Å². The lowest BCUT2D eigenvalue weighted by atomic mass is 10.1. The lowest BCUT2D eigenvalue weighted by molar-refractivity contribution is 0.372. The molecular formula is C12H15N3O. The third kappa shape index (κ3) is 2.28. The van der Waals surface area contributed by atoms with Crippen LogP contribution in [-0.2, 0) is 6.54 Å². The molecule has 16 heavy (non-hydrogen) atoms. The Hall–Kier alpha value is -1.68. The van der Waals surface area contributed by atoms with E-state index in [1.807, 2.05) is 7.05 Å². The van der Waals surface area contributed by atoms with Gasteiger partial charge in [-0.05, 0) is 33.0 Å². The van der Waals surface area contributed by atoms with Crippen molar-refractivity contribution in [3.8, 4) is 11.4 Å². The average Bonchev–Trinajstić information content (AvgIpc) is 2.65. The summed E-state index contributed by atoms with van der Waals surface area (Å²) in [5, 5.41) is 6.94. The number of hydrogen-bond donors (Lipinski definition) is 1. The number of aromatic nitrogens is 2. The summed E-state index contributed by atoms with van der Waals surface area (Å²) in [5.74, 6) is 1.26. The Morgan fingerprint density at radius 1 is 1.19 bits per heavy atom. The molecule has 1 N–H and O–H groups in total. The smallest absolute Gasteiger partial charge is 0.240 e. The lowest BCUT2D eigenvalue weighted by Gasteiger charge is -1.99. The van der Waals surface area contributed by atoms with Crippen molar-refractivity contribution in [3.63, 3.8) is 0 Å². The van der Waals surface area contributed by atoms with E-state index in [9.17, 15) is 0 Å². The number of rotatable bonds is 3. The molecule has 1 aromatic carbocycles. The van der Waals surface area contributed by atoms with E-state index < -0.39 is 0 Å². The summed E-state index contributed by atoms with van der Waals surface area (Å²) in [4.78, 5) is 4.31. The molecule has 84 valence electrons. The maximum absolute atomic E-state index is 5.12. The molecule has 4 heteroatoms. The summed E-state index contributed by atoms with van der Waals surface area (Å²) in [6.07, 6.45) is 0. The minimum absolute atomic E-state index is 0.595. The van der Waals surface area contributed by atoms with Crippen molar-refractivity contribution in [3.05, 3.63) is 35.2 Å². The van der Waals surface area contributed by atoms with Crippen LogP contribution in [0.1, 0.15) is 17.0 Å². The predicted molar refractivity (Wildman–Crippen MR) is 62.0 cm³/mol. The van der Waals surface area contributed by atoms with Gasteiger partial charge in [0, 0.05) is 5.56 Å². The molecule has 0 saturated heterocycles. The second kappa shape index (κ2) is 4.45. The first-order chi connectivity index (χ1) is 7.69. The summed E-state index contributed by atoms with van der Waals surface area (Å²) in [7, 11) is 1.85. The first kappa shape index (κ1) is 10.8. The molecule has 4 nitrogen and oxygen atoms in total. The minimum Gasteiger partial charge on any atom is -0.338 e. The highest BCUT2D eigenvalue weighted by Crippen LogP contribution is 2.19. The Balaban J connectivity index is 2.34. The summed E-state index contributed by atoms with van der Waals surface area (Å²) in [5.41, 5.74) is 3.41. The Kier molecular flexibility index (Phi) is 3.01. The molecule has 0 aliphatic rings. The number of nitrogens with one attached hydrogen (secondary N) is 1. The molecule has 2 rings (SSSR count). The molecule has 0 bridgehead atoms. The Labute approximate surface area is 94.7 Å². The van der Waals surface area contributed by atoms with Gasteiger partial charge in [-0.15, -0.1) is 0 Å². The molecule has 1 heterocycles. The molecule has 0 unspecified atom stereocenters. The largest absolute Gasteiger partial charge is 0.338 e. The van der Waals surface area contributed by atoms with Crippen LogP contribution < -0.4 is 5.32 Å². The SMILES string of the molecule is CNCc1nc(-c2cc(C)cc(C)c2)no1. The van der Waals surface area contributed by atoms with Crippen LogP contribution in [0.3, 0.4) is 0 Å². The van der Waals surface area contributed by atoms with Crippen LogP contribution in [0.5, 0.6) is 0 Å². The van der Waals surface area contributed by atoms with Gasteiger partial charge < -0.3 is 9.84 Å². The van der Waals surface area contributed by atoms with E-state index in [1.165, 1.54) is 11.1 Å². The monoisotopic (exact) mass is 217 g/mol. The molecule has 0 spiro atoms. The van der Waals surface area contributed by atoms with Crippen molar-refractivity contribution in [2.45, 2.75) is 20.4 Å². The average molecular weight is 217 g/mol. The molecule has 0 fully saturated rings. The zero-order valence-electron chi connectivity index (χ0n) is 9.74. The molecular weight excluding hydrogens is 202 g/mol. The van der Waals surface area contributed by atoms with Crippen molar-refractivity contribution in [1.82, 2.24) is 15.5 Å². The van der Waals surface area contributed by atoms with Crippen LogP contribution in [0.15, 0.2) is 22.7 Å². The second-order valence-corrected chi connectivity index (χ2v) is 3.92. The normalized spacial score (nSPS) is 10.7. The quantitative estimate of drug-likeness (QED) is 0.855. The van der Waals surface area contributed by atoms with Gasteiger partial charge >= 0.3 is 0 Å². The topological polar surface area (TPSA) is 51.0 Å². The maximum Gasteiger partial charge on any atom is 0.240 e. The van der Waals surface area contributed by atoms with Gasteiger partial charge in [-0.2, -0.15) is 4.98 Å². The van der Waals surface area contributed by atoms with Crippen LogP contribution in [0.4, 0.5) is 0 Å². The summed E-state index contributed by atoms with van der Waals surface area (Å²) >= 11 is 0. The molecule has 0 atom stereocenters. The highest BCUT2D eigenvalue weighted by molar-refractivity contribution is 5.56.